The van der Waals surface area contributed by atoms with E-state index in [0.717, 1.165) is 18.4 Å². The van der Waals surface area contributed by atoms with Crippen LogP contribution in [0.1, 0.15) is 90.6 Å². The summed E-state index contributed by atoms with van der Waals surface area (Å²) in [4.78, 5) is 23.9. The highest BCUT2D eigenvalue weighted by Crippen LogP contribution is 2.57. The average Bonchev–Trinajstić information content (AvgIpc) is 2.84. The molecule has 0 saturated heterocycles. The van der Waals surface area contributed by atoms with Gasteiger partial charge in [0.15, 0.2) is 12.6 Å². The van der Waals surface area contributed by atoms with Crippen molar-refractivity contribution >= 4 is 12.6 Å². The molecule has 2 aromatic carbocycles. The lowest BCUT2D eigenvalue weighted by Gasteiger charge is -2.49. The van der Waals surface area contributed by atoms with E-state index < -0.39 is 11.4 Å². The Bertz CT molecular complexity index is 1180. The van der Waals surface area contributed by atoms with Gasteiger partial charge in [0.05, 0.1) is 11.1 Å². The number of rotatable bonds is 4. The summed E-state index contributed by atoms with van der Waals surface area (Å²) in [6, 6.07) is 9.83. The molecule has 3 aliphatic rings. The summed E-state index contributed by atoms with van der Waals surface area (Å²) in [6.07, 6.45) is 8.06. The fraction of sp³-hybridized carbons (Fsp3) is 0.467. The normalized spacial score (nSPS) is 29.7. The number of ether oxygens (including phenoxy) is 1. The lowest BCUT2D eigenvalue weighted by atomic mass is 9.60. The predicted molar refractivity (Wildman–Crippen MR) is 134 cm³/mol. The average molecular weight is 475 g/mol. The first-order valence-electron chi connectivity index (χ1n) is 12.8. The largest absolute Gasteiger partial charge is 0.507 e. The molecule has 2 N–H and O–H groups in total. The maximum atomic E-state index is 12.2. The molecule has 0 radical (unpaired) electrons. The van der Waals surface area contributed by atoms with Crippen molar-refractivity contribution in [2.24, 2.45) is 23.7 Å². The van der Waals surface area contributed by atoms with Gasteiger partial charge in [-0.1, -0.05) is 56.7 Å². The minimum absolute atomic E-state index is 0.0714. The number of aromatic hydroxyl groups is 2. The number of aldehydes is 2. The van der Waals surface area contributed by atoms with Gasteiger partial charge in [0.2, 0.25) is 0 Å². The molecule has 0 amide bonds. The number of phenolic OH excluding ortho intramolecular Hbond substituents is 2. The molecule has 2 aliphatic carbocycles. The molecule has 5 atom stereocenters. The molecule has 1 fully saturated rings. The van der Waals surface area contributed by atoms with Gasteiger partial charge in [-0.05, 0) is 61.0 Å². The van der Waals surface area contributed by atoms with E-state index in [4.69, 9.17) is 4.74 Å². The molecule has 1 heterocycles. The van der Waals surface area contributed by atoms with Crippen molar-refractivity contribution in [3.05, 3.63) is 64.2 Å². The highest BCUT2D eigenvalue weighted by atomic mass is 16.5. The van der Waals surface area contributed by atoms with Crippen LogP contribution in [0.15, 0.2) is 42.0 Å². The van der Waals surface area contributed by atoms with Gasteiger partial charge in [0, 0.05) is 17.9 Å². The van der Waals surface area contributed by atoms with Crippen molar-refractivity contribution in [1.82, 2.24) is 0 Å². The molecule has 5 heteroatoms. The van der Waals surface area contributed by atoms with E-state index in [9.17, 15) is 19.8 Å². The van der Waals surface area contributed by atoms with E-state index in [1.54, 1.807) is 0 Å². The van der Waals surface area contributed by atoms with Crippen molar-refractivity contribution in [2.45, 2.75) is 64.4 Å². The van der Waals surface area contributed by atoms with E-state index in [1.165, 1.54) is 18.4 Å². The molecule has 5 rings (SSSR count). The van der Waals surface area contributed by atoms with Crippen LogP contribution < -0.4 is 4.74 Å². The number of carbonyl (C=O) groups excluding carboxylic acids is 2. The van der Waals surface area contributed by atoms with Gasteiger partial charge >= 0.3 is 0 Å². The van der Waals surface area contributed by atoms with E-state index in [-0.39, 0.29) is 28.5 Å². The molecule has 35 heavy (non-hydrogen) atoms. The number of allylic oxidation sites excluding steroid dienone is 1. The quantitative estimate of drug-likeness (QED) is 0.395. The zero-order chi connectivity index (χ0) is 24.9. The third kappa shape index (κ3) is 3.76. The second-order valence-corrected chi connectivity index (χ2v) is 11.0. The van der Waals surface area contributed by atoms with E-state index >= 15 is 0 Å². The summed E-state index contributed by atoms with van der Waals surface area (Å²) in [5.74, 6) is 1.26. The first-order valence-corrected chi connectivity index (χ1v) is 12.8. The number of benzene rings is 2. The monoisotopic (exact) mass is 474 g/mol. The van der Waals surface area contributed by atoms with Crippen LogP contribution in [0.3, 0.4) is 0 Å². The number of hydrogen-bond acceptors (Lipinski definition) is 5. The topological polar surface area (TPSA) is 83.8 Å². The van der Waals surface area contributed by atoms with Crippen LogP contribution in [0.2, 0.25) is 0 Å². The van der Waals surface area contributed by atoms with Crippen LogP contribution in [0.4, 0.5) is 0 Å². The van der Waals surface area contributed by atoms with Crippen LogP contribution in [0.25, 0.3) is 0 Å². The standard InChI is InChI=1S/C30H34O5/c1-17(2)20-10-9-18(3)21-11-12-30(14-23(20)21)13-22(19-7-5-4-6-8-19)26-28(34)24(15-31)27(33)25(16-32)29(26)35-30/h4-8,14-18,20-22,33-34H,9-13H2,1-3H3/t18-,20+,21-,22-,30+/m0/s1. The van der Waals surface area contributed by atoms with Gasteiger partial charge < -0.3 is 14.9 Å². The minimum Gasteiger partial charge on any atom is -0.507 e. The Labute approximate surface area is 206 Å². The maximum absolute atomic E-state index is 12.2. The molecule has 0 aromatic heterocycles. The van der Waals surface area contributed by atoms with Gasteiger partial charge in [-0.2, -0.15) is 0 Å². The summed E-state index contributed by atoms with van der Waals surface area (Å²) in [5, 5.41) is 21.8. The lowest BCUT2D eigenvalue weighted by molar-refractivity contribution is 0.0487. The Hall–Kier alpha value is -3.08. The minimum atomic E-state index is -0.650. The Kier molecular flexibility index (Phi) is 5.98. The Morgan fingerprint density at radius 1 is 1.00 bits per heavy atom. The van der Waals surface area contributed by atoms with Crippen molar-refractivity contribution in [3.63, 3.8) is 0 Å². The molecule has 1 saturated carbocycles. The zero-order valence-electron chi connectivity index (χ0n) is 20.7. The van der Waals surface area contributed by atoms with Crippen LogP contribution in [-0.2, 0) is 0 Å². The Balaban J connectivity index is 1.73. The van der Waals surface area contributed by atoms with Crippen molar-refractivity contribution in [3.8, 4) is 17.2 Å². The molecule has 2 aromatic rings. The van der Waals surface area contributed by atoms with Gasteiger partial charge in [0.1, 0.15) is 22.8 Å². The van der Waals surface area contributed by atoms with Crippen molar-refractivity contribution in [1.29, 1.82) is 0 Å². The third-order valence-corrected chi connectivity index (χ3v) is 8.74. The van der Waals surface area contributed by atoms with Crippen LogP contribution >= 0.6 is 0 Å². The van der Waals surface area contributed by atoms with Gasteiger partial charge in [-0.3, -0.25) is 9.59 Å². The first kappa shape index (κ1) is 23.7. The lowest BCUT2D eigenvalue weighted by Crippen LogP contribution is -2.45. The number of fused-ring (bicyclic) bond motifs is 2. The molecular formula is C30H34O5. The van der Waals surface area contributed by atoms with E-state index in [0.29, 0.717) is 48.2 Å². The molecule has 5 nitrogen and oxygen atoms in total. The molecular weight excluding hydrogens is 440 g/mol. The summed E-state index contributed by atoms with van der Waals surface area (Å²) in [6.45, 7) is 6.91. The Morgan fingerprint density at radius 2 is 1.71 bits per heavy atom. The van der Waals surface area contributed by atoms with Crippen molar-refractivity contribution in [2.75, 3.05) is 0 Å². The van der Waals surface area contributed by atoms with E-state index in [2.05, 4.69) is 26.8 Å². The predicted octanol–water partition coefficient (Wildman–Crippen LogP) is 6.41. The Morgan fingerprint density at radius 3 is 2.37 bits per heavy atom. The zero-order valence-corrected chi connectivity index (χ0v) is 20.7. The number of carbonyl (C=O) groups is 2. The van der Waals surface area contributed by atoms with Crippen molar-refractivity contribution < 1.29 is 24.5 Å². The molecule has 1 aliphatic heterocycles. The van der Waals surface area contributed by atoms with Crippen LogP contribution in [-0.4, -0.2) is 28.4 Å². The second-order valence-electron chi connectivity index (χ2n) is 11.0. The van der Waals surface area contributed by atoms with Gasteiger partial charge in [0.25, 0.3) is 0 Å². The highest BCUT2D eigenvalue weighted by Gasteiger charge is 2.48. The summed E-state index contributed by atoms with van der Waals surface area (Å²) in [5.41, 5.74) is 1.85. The second kappa shape index (κ2) is 8.85. The van der Waals surface area contributed by atoms with Gasteiger partial charge in [-0.25, -0.2) is 0 Å². The summed E-state index contributed by atoms with van der Waals surface area (Å²) in [7, 11) is 0. The maximum Gasteiger partial charge on any atom is 0.157 e. The summed E-state index contributed by atoms with van der Waals surface area (Å²) < 4.78 is 6.66. The SMILES string of the molecule is CC(C)[C@H]1CC[C@H](C)[C@@H]2CC[C@]3(C=C21)C[C@@H](c1ccccc1)c1c(O)c(C=O)c(O)c(C=O)c1O3. The fourth-order valence-corrected chi connectivity index (χ4v) is 6.89. The molecule has 0 bridgehead atoms. The molecule has 0 unspecified atom stereocenters. The third-order valence-electron chi connectivity index (χ3n) is 8.74. The highest BCUT2D eigenvalue weighted by molar-refractivity contribution is 5.95. The molecule has 1 spiro atoms. The van der Waals surface area contributed by atoms with E-state index in [1.807, 2.05) is 30.3 Å². The number of phenols is 2. The fourth-order valence-electron chi connectivity index (χ4n) is 6.89. The first-order chi connectivity index (χ1) is 16.8. The number of hydrogen-bond donors (Lipinski definition) is 2. The molecule has 184 valence electrons. The summed E-state index contributed by atoms with van der Waals surface area (Å²) >= 11 is 0. The van der Waals surface area contributed by atoms with Crippen LogP contribution in [0.5, 0.6) is 17.2 Å². The van der Waals surface area contributed by atoms with Crippen LogP contribution in [0, 0.1) is 23.7 Å². The smallest absolute Gasteiger partial charge is 0.157 e. The van der Waals surface area contributed by atoms with Gasteiger partial charge in [-0.15, -0.1) is 0 Å².